The van der Waals surface area contributed by atoms with Crippen molar-refractivity contribution < 1.29 is 4.79 Å². The van der Waals surface area contributed by atoms with E-state index < -0.39 is 0 Å². The molecule has 0 aromatic carbocycles. The van der Waals surface area contributed by atoms with Gasteiger partial charge in [-0.1, -0.05) is 19.9 Å². The lowest BCUT2D eigenvalue weighted by Crippen LogP contribution is -2.33. The summed E-state index contributed by atoms with van der Waals surface area (Å²) in [7, 11) is 1.60. The molecular formula is C8H16N2O. The van der Waals surface area contributed by atoms with Gasteiger partial charge in [0.05, 0.1) is 0 Å². The number of allylic oxidation sites excluding steroid dienone is 2. The van der Waals surface area contributed by atoms with Crippen molar-refractivity contribution in [2.45, 2.75) is 20.8 Å². The maximum atomic E-state index is 10.8. The predicted octanol–water partition coefficient (Wildman–Crippen LogP) is 1.48. The first kappa shape index (κ1) is 10.0. The molecule has 0 aliphatic rings. The number of carbonyl (C=O) groups excluding carboxylic acids is 1. The maximum absolute atomic E-state index is 10.8. The molecular weight excluding hydrogens is 140 g/mol. The van der Waals surface area contributed by atoms with E-state index in [1.54, 1.807) is 7.05 Å². The van der Waals surface area contributed by atoms with Gasteiger partial charge in [-0.15, -0.1) is 0 Å². The highest BCUT2D eigenvalue weighted by Crippen LogP contribution is 2.04. The van der Waals surface area contributed by atoms with Crippen molar-refractivity contribution in [1.82, 2.24) is 10.6 Å². The monoisotopic (exact) mass is 156 g/mol. The molecule has 0 atom stereocenters. The molecule has 0 fully saturated rings. The number of hydrogen-bond donors (Lipinski definition) is 2. The molecule has 0 saturated carbocycles. The lowest BCUT2D eigenvalue weighted by Gasteiger charge is -2.11. The van der Waals surface area contributed by atoms with E-state index in [0.29, 0.717) is 5.92 Å². The van der Waals surface area contributed by atoms with Crippen LogP contribution < -0.4 is 10.6 Å². The molecule has 2 amide bonds. The molecule has 0 saturated heterocycles. The quantitative estimate of drug-likeness (QED) is 0.624. The van der Waals surface area contributed by atoms with E-state index in [-0.39, 0.29) is 6.03 Å². The highest BCUT2D eigenvalue weighted by molar-refractivity contribution is 5.75. The van der Waals surface area contributed by atoms with E-state index in [2.05, 4.69) is 10.6 Å². The van der Waals surface area contributed by atoms with E-state index in [0.717, 1.165) is 5.70 Å². The molecule has 3 nitrogen and oxygen atoms in total. The number of carbonyl (C=O) groups is 1. The van der Waals surface area contributed by atoms with Crippen molar-refractivity contribution in [3.8, 4) is 0 Å². The third-order valence-corrected chi connectivity index (χ3v) is 1.42. The normalized spacial score (nSPS) is 11.5. The van der Waals surface area contributed by atoms with Crippen LogP contribution >= 0.6 is 0 Å². The van der Waals surface area contributed by atoms with Crippen LogP contribution in [-0.2, 0) is 0 Å². The summed E-state index contributed by atoms with van der Waals surface area (Å²) in [4.78, 5) is 10.8. The number of hydrogen-bond acceptors (Lipinski definition) is 1. The first-order chi connectivity index (χ1) is 5.11. The third-order valence-electron chi connectivity index (χ3n) is 1.42. The molecule has 0 heterocycles. The molecule has 0 spiro atoms. The Kier molecular flexibility index (Phi) is 4.34. The Labute approximate surface area is 67.9 Å². The van der Waals surface area contributed by atoms with Crippen LogP contribution in [0.15, 0.2) is 11.8 Å². The van der Waals surface area contributed by atoms with Gasteiger partial charge in [0.1, 0.15) is 0 Å². The SMILES string of the molecule is C/C=C(/NC(=O)NC)C(C)C. The molecule has 0 aromatic rings. The van der Waals surface area contributed by atoms with E-state index in [4.69, 9.17) is 0 Å². The standard InChI is InChI=1S/C8H16N2O/c1-5-7(6(2)3)10-8(11)9-4/h5-6H,1-4H3,(H2,9,10,11)/b7-5+. The van der Waals surface area contributed by atoms with Crippen LogP contribution in [-0.4, -0.2) is 13.1 Å². The van der Waals surface area contributed by atoms with Gasteiger partial charge < -0.3 is 10.6 Å². The van der Waals surface area contributed by atoms with Crippen LogP contribution in [0.3, 0.4) is 0 Å². The summed E-state index contributed by atoms with van der Waals surface area (Å²) in [6.45, 7) is 5.97. The van der Waals surface area contributed by atoms with E-state index in [1.165, 1.54) is 0 Å². The van der Waals surface area contributed by atoms with E-state index in [1.807, 2.05) is 26.8 Å². The Hall–Kier alpha value is -0.990. The van der Waals surface area contributed by atoms with Crippen molar-refractivity contribution in [3.63, 3.8) is 0 Å². The van der Waals surface area contributed by atoms with E-state index in [9.17, 15) is 4.79 Å². The van der Waals surface area contributed by atoms with Gasteiger partial charge in [0, 0.05) is 12.7 Å². The van der Waals surface area contributed by atoms with Crippen LogP contribution in [0.1, 0.15) is 20.8 Å². The average molecular weight is 156 g/mol. The van der Waals surface area contributed by atoms with Crippen LogP contribution in [0.5, 0.6) is 0 Å². The van der Waals surface area contributed by atoms with Gasteiger partial charge in [0.15, 0.2) is 0 Å². The lowest BCUT2D eigenvalue weighted by atomic mass is 10.1. The minimum atomic E-state index is -0.160. The molecule has 0 aliphatic heterocycles. The third kappa shape index (κ3) is 3.65. The fraction of sp³-hybridized carbons (Fsp3) is 0.625. The number of urea groups is 1. The fourth-order valence-corrected chi connectivity index (χ4v) is 0.743. The van der Waals surface area contributed by atoms with E-state index >= 15 is 0 Å². The summed E-state index contributed by atoms with van der Waals surface area (Å²) in [5, 5.41) is 5.22. The molecule has 0 unspecified atom stereocenters. The summed E-state index contributed by atoms with van der Waals surface area (Å²) >= 11 is 0. The molecule has 3 heteroatoms. The summed E-state index contributed by atoms with van der Waals surface area (Å²) in [5.41, 5.74) is 0.948. The van der Waals surface area contributed by atoms with Gasteiger partial charge in [-0.2, -0.15) is 0 Å². The van der Waals surface area contributed by atoms with Gasteiger partial charge in [-0.05, 0) is 12.8 Å². The second-order valence-corrected chi connectivity index (χ2v) is 2.60. The number of rotatable bonds is 2. The summed E-state index contributed by atoms with van der Waals surface area (Å²) in [6.07, 6.45) is 1.90. The Balaban J connectivity index is 4.00. The van der Waals surface area contributed by atoms with Crippen molar-refractivity contribution in [2.75, 3.05) is 7.05 Å². The zero-order valence-corrected chi connectivity index (χ0v) is 7.56. The Bertz CT molecular complexity index is 161. The molecule has 0 aromatic heterocycles. The van der Waals surface area contributed by atoms with Crippen molar-refractivity contribution in [1.29, 1.82) is 0 Å². The van der Waals surface area contributed by atoms with Gasteiger partial charge >= 0.3 is 6.03 Å². The number of amides is 2. The maximum Gasteiger partial charge on any atom is 0.318 e. The summed E-state index contributed by atoms with van der Waals surface area (Å²) in [5.74, 6) is 0.359. The lowest BCUT2D eigenvalue weighted by molar-refractivity contribution is 0.244. The van der Waals surface area contributed by atoms with Gasteiger partial charge in [0.2, 0.25) is 0 Å². The second kappa shape index (κ2) is 4.77. The van der Waals surface area contributed by atoms with Gasteiger partial charge in [-0.25, -0.2) is 4.79 Å². The van der Waals surface area contributed by atoms with Gasteiger partial charge in [0.25, 0.3) is 0 Å². The zero-order chi connectivity index (χ0) is 8.85. The minimum Gasteiger partial charge on any atom is -0.341 e. The molecule has 0 radical (unpaired) electrons. The number of nitrogens with one attached hydrogen (secondary N) is 2. The van der Waals surface area contributed by atoms with Crippen molar-refractivity contribution >= 4 is 6.03 Å². The topological polar surface area (TPSA) is 41.1 Å². The molecule has 2 N–H and O–H groups in total. The fourth-order valence-electron chi connectivity index (χ4n) is 0.743. The molecule has 11 heavy (non-hydrogen) atoms. The van der Waals surface area contributed by atoms with Crippen LogP contribution in [0.25, 0.3) is 0 Å². The smallest absolute Gasteiger partial charge is 0.318 e. The first-order valence-electron chi connectivity index (χ1n) is 3.76. The molecule has 0 rings (SSSR count). The largest absolute Gasteiger partial charge is 0.341 e. The molecule has 64 valence electrons. The van der Waals surface area contributed by atoms with Crippen molar-refractivity contribution in [2.24, 2.45) is 5.92 Å². The highest BCUT2D eigenvalue weighted by Gasteiger charge is 2.03. The summed E-state index contributed by atoms with van der Waals surface area (Å²) < 4.78 is 0. The average Bonchev–Trinajstić information content (AvgIpc) is 1.99. The van der Waals surface area contributed by atoms with Crippen LogP contribution in [0.4, 0.5) is 4.79 Å². The second-order valence-electron chi connectivity index (χ2n) is 2.60. The van der Waals surface area contributed by atoms with Crippen LogP contribution in [0.2, 0.25) is 0 Å². The minimum absolute atomic E-state index is 0.160. The molecule has 0 bridgehead atoms. The predicted molar refractivity (Wildman–Crippen MR) is 46.2 cm³/mol. The Morgan fingerprint density at radius 2 is 2.00 bits per heavy atom. The molecule has 0 aliphatic carbocycles. The summed E-state index contributed by atoms with van der Waals surface area (Å²) in [6, 6.07) is -0.160. The Morgan fingerprint density at radius 1 is 1.45 bits per heavy atom. The highest BCUT2D eigenvalue weighted by atomic mass is 16.2. The van der Waals surface area contributed by atoms with Gasteiger partial charge in [-0.3, -0.25) is 0 Å². The van der Waals surface area contributed by atoms with Crippen LogP contribution in [0, 0.1) is 5.92 Å². The van der Waals surface area contributed by atoms with Crippen molar-refractivity contribution in [3.05, 3.63) is 11.8 Å². The zero-order valence-electron chi connectivity index (χ0n) is 7.56. The first-order valence-corrected chi connectivity index (χ1v) is 3.76. The Morgan fingerprint density at radius 3 is 2.27 bits per heavy atom.